The second kappa shape index (κ2) is 7.17. The van der Waals surface area contributed by atoms with E-state index in [0.29, 0.717) is 0 Å². The van der Waals surface area contributed by atoms with Crippen LogP contribution in [0.5, 0.6) is 0 Å². The molecule has 1 N–H and O–H groups in total. The van der Waals surface area contributed by atoms with Gasteiger partial charge in [0.25, 0.3) is 5.91 Å². The fraction of sp³-hybridized carbons (Fsp3) is 0.0588. The van der Waals surface area contributed by atoms with Crippen LogP contribution in [0.2, 0.25) is 0 Å². The van der Waals surface area contributed by atoms with Crippen LogP contribution in [0.25, 0.3) is 17.0 Å². The van der Waals surface area contributed by atoms with Crippen LogP contribution in [0.4, 0.5) is 0 Å². The van der Waals surface area contributed by atoms with Crippen molar-refractivity contribution in [1.82, 2.24) is 9.71 Å². The Hall–Kier alpha value is -1.87. The lowest BCUT2D eigenvalue weighted by atomic mass is 10.1. The van der Waals surface area contributed by atoms with Gasteiger partial charge in [0, 0.05) is 29.3 Å². The quantitative estimate of drug-likeness (QED) is 0.492. The normalized spacial score (nSPS) is 13.9. The molecule has 0 fully saturated rings. The summed E-state index contributed by atoms with van der Waals surface area (Å²) in [5.74, 6) is -0.713. The molecule has 25 heavy (non-hydrogen) atoms. The number of nitrogens with zero attached hydrogens (tertiary/aromatic N) is 1. The first-order valence-corrected chi connectivity index (χ1v) is 10.3. The number of para-hydroxylation sites is 1. The molecule has 0 aliphatic carbocycles. The van der Waals surface area contributed by atoms with Crippen LogP contribution in [0.3, 0.4) is 0 Å². The van der Waals surface area contributed by atoms with Gasteiger partial charge >= 0.3 is 0 Å². The number of aryl methyl sites for hydroxylation is 1. The van der Waals surface area contributed by atoms with Gasteiger partial charge in [-0.25, -0.2) is 0 Å². The summed E-state index contributed by atoms with van der Waals surface area (Å²) in [6.45, 7) is 1.79. The van der Waals surface area contributed by atoms with E-state index in [1.807, 2.05) is 35.1 Å². The molecule has 1 unspecified atom stereocenters. The van der Waals surface area contributed by atoms with E-state index < -0.39 is 16.3 Å². The predicted octanol–water partition coefficient (Wildman–Crippen LogP) is 4.10. The van der Waals surface area contributed by atoms with Crippen molar-refractivity contribution in [3.05, 3.63) is 63.6 Å². The van der Waals surface area contributed by atoms with Crippen molar-refractivity contribution in [3.63, 3.8) is 0 Å². The van der Waals surface area contributed by atoms with Gasteiger partial charge < -0.3 is 4.55 Å². The standard InChI is InChI=1S/C17H13BrN2O3S2/c1-11-10-15(24-17(11)18)25(22,23)20-14(21)8-7-13-5-2-4-12-6-3-9-19-16(12)13/h2-10H,1H3,(H-,20,21,22,23). The number of rotatable bonds is 4. The molecule has 0 spiro atoms. The number of sulfonamides is 1. The van der Waals surface area contributed by atoms with Crippen LogP contribution in [0.15, 0.2) is 56.7 Å². The SMILES string of the molecule is Cc1cc([S+](=O)([O-])NC(=O)C=Cc2cccc3cccnc23)sc1Br. The second-order valence-electron chi connectivity index (χ2n) is 5.25. The second-order valence-corrected chi connectivity index (χ2v) is 9.53. The number of carbonyl (C=O) groups excluding carboxylic acids is 1. The molecule has 5 nitrogen and oxygen atoms in total. The van der Waals surface area contributed by atoms with Gasteiger partial charge in [-0.1, -0.05) is 39.8 Å². The maximum Gasteiger partial charge on any atom is 0.284 e. The molecule has 128 valence electrons. The highest BCUT2D eigenvalue weighted by Gasteiger charge is 2.25. The van der Waals surface area contributed by atoms with E-state index in [0.717, 1.165) is 37.2 Å². The number of fused-ring (bicyclic) bond motifs is 1. The molecule has 0 saturated heterocycles. The molecule has 0 aliphatic rings. The molecule has 0 aliphatic heterocycles. The molecule has 2 aromatic heterocycles. The number of aromatic nitrogens is 1. The number of carbonyl (C=O) groups is 1. The number of halogens is 1. The van der Waals surface area contributed by atoms with Crippen LogP contribution < -0.4 is 4.72 Å². The number of thiophene rings is 1. The summed E-state index contributed by atoms with van der Waals surface area (Å²) in [5.41, 5.74) is 2.28. The Morgan fingerprint density at radius 2 is 2.12 bits per heavy atom. The number of benzene rings is 1. The highest BCUT2D eigenvalue weighted by Crippen LogP contribution is 2.32. The first kappa shape index (κ1) is 17.9. The minimum Gasteiger partial charge on any atom is -0.588 e. The van der Waals surface area contributed by atoms with E-state index in [1.54, 1.807) is 19.2 Å². The fourth-order valence-corrected chi connectivity index (χ4v) is 5.38. The molecule has 8 heteroatoms. The van der Waals surface area contributed by atoms with Gasteiger partial charge in [0.05, 0.1) is 9.30 Å². The lowest BCUT2D eigenvalue weighted by molar-refractivity contribution is -0.114. The first-order chi connectivity index (χ1) is 11.9. The topological polar surface area (TPSA) is 82.1 Å². The number of amides is 1. The molecule has 0 bridgehead atoms. The third-order valence-electron chi connectivity index (χ3n) is 3.41. The summed E-state index contributed by atoms with van der Waals surface area (Å²) in [7, 11) is -3.89. The van der Waals surface area contributed by atoms with Gasteiger partial charge in [-0.05, 0) is 40.6 Å². The van der Waals surface area contributed by atoms with Crippen molar-refractivity contribution in [1.29, 1.82) is 0 Å². The number of hydrogen-bond acceptors (Lipinski definition) is 5. The largest absolute Gasteiger partial charge is 0.588 e. The monoisotopic (exact) mass is 436 g/mol. The van der Waals surface area contributed by atoms with E-state index in [2.05, 4.69) is 20.9 Å². The van der Waals surface area contributed by atoms with Gasteiger partial charge in [-0.2, -0.15) is 4.72 Å². The van der Waals surface area contributed by atoms with Crippen molar-refractivity contribution in [3.8, 4) is 0 Å². The highest BCUT2D eigenvalue weighted by atomic mass is 79.9. The third kappa shape index (κ3) is 4.04. The molecule has 3 rings (SSSR count). The van der Waals surface area contributed by atoms with Crippen molar-refractivity contribution < 1.29 is 13.6 Å². The molecule has 3 aromatic rings. The van der Waals surface area contributed by atoms with Crippen LogP contribution >= 0.6 is 27.3 Å². The van der Waals surface area contributed by atoms with Gasteiger partial charge in [0.2, 0.25) is 4.21 Å². The Kier molecular flexibility index (Phi) is 5.14. The van der Waals surface area contributed by atoms with Crippen LogP contribution in [0.1, 0.15) is 11.1 Å². The summed E-state index contributed by atoms with van der Waals surface area (Å²) < 4.78 is 27.3. The number of nitrogens with one attached hydrogen (secondary N) is 1. The first-order valence-electron chi connectivity index (χ1n) is 7.21. The Balaban J connectivity index is 1.79. The van der Waals surface area contributed by atoms with Gasteiger partial charge in [0.1, 0.15) is 0 Å². The fourth-order valence-electron chi connectivity index (χ4n) is 2.21. The van der Waals surface area contributed by atoms with E-state index in [4.69, 9.17) is 0 Å². The van der Waals surface area contributed by atoms with Crippen molar-refractivity contribution >= 4 is 60.6 Å². The summed E-state index contributed by atoms with van der Waals surface area (Å²) in [6.07, 6.45) is 4.41. The maximum atomic E-state index is 12.2. The van der Waals surface area contributed by atoms with Crippen molar-refractivity contribution in [2.24, 2.45) is 0 Å². The summed E-state index contributed by atoms with van der Waals surface area (Å²) in [4.78, 5) is 16.3. The summed E-state index contributed by atoms with van der Waals surface area (Å²) in [5, 5.41) is 0.941. The van der Waals surface area contributed by atoms with Crippen LogP contribution in [0, 0.1) is 6.92 Å². The van der Waals surface area contributed by atoms with Gasteiger partial charge in [-0.3, -0.25) is 9.78 Å². The lowest BCUT2D eigenvalue weighted by Crippen LogP contribution is -2.34. The van der Waals surface area contributed by atoms with Crippen molar-refractivity contribution in [2.75, 3.05) is 0 Å². The Morgan fingerprint density at radius 3 is 2.84 bits per heavy atom. The summed E-state index contributed by atoms with van der Waals surface area (Å²) >= 11 is 4.34. The molecular weight excluding hydrogens is 424 g/mol. The molecule has 0 saturated carbocycles. The molecule has 1 aromatic carbocycles. The Labute approximate surface area is 158 Å². The van der Waals surface area contributed by atoms with E-state index in [9.17, 15) is 13.6 Å². The zero-order chi connectivity index (χ0) is 18.0. The summed E-state index contributed by atoms with van der Waals surface area (Å²) in [6, 6.07) is 10.8. The van der Waals surface area contributed by atoms with Crippen molar-refractivity contribution in [2.45, 2.75) is 11.1 Å². The molecule has 2 heterocycles. The smallest absolute Gasteiger partial charge is 0.284 e. The molecule has 1 atom stereocenters. The maximum absolute atomic E-state index is 12.2. The lowest BCUT2D eigenvalue weighted by Gasteiger charge is -2.11. The average molecular weight is 437 g/mol. The molecule has 0 radical (unpaired) electrons. The Bertz CT molecular complexity index is 1000. The predicted molar refractivity (Wildman–Crippen MR) is 103 cm³/mol. The van der Waals surface area contributed by atoms with E-state index in [1.165, 1.54) is 12.1 Å². The van der Waals surface area contributed by atoms with E-state index in [-0.39, 0.29) is 4.21 Å². The number of pyridine rings is 1. The highest BCUT2D eigenvalue weighted by molar-refractivity contribution is 9.11. The zero-order valence-electron chi connectivity index (χ0n) is 13.1. The average Bonchev–Trinajstić information content (AvgIpc) is 2.92. The zero-order valence-corrected chi connectivity index (χ0v) is 16.3. The van der Waals surface area contributed by atoms with Gasteiger partial charge in [0.15, 0.2) is 10.4 Å². The molecule has 1 amide bonds. The number of hydrogen-bond donors (Lipinski definition) is 1. The van der Waals surface area contributed by atoms with Gasteiger partial charge in [-0.15, -0.1) is 0 Å². The van der Waals surface area contributed by atoms with Crippen LogP contribution in [-0.2, 0) is 19.4 Å². The minimum atomic E-state index is -3.89. The van der Waals surface area contributed by atoms with E-state index >= 15 is 0 Å². The minimum absolute atomic E-state index is 0.0884. The third-order valence-corrected chi connectivity index (χ3v) is 7.37. The van der Waals surface area contributed by atoms with Crippen LogP contribution in [-0.4, -0.2) is 15.4 Å². The molecular formula is C17H13BrN2O3S2. The Morgan fingerprint density at radius 1 is 1.36 bits per heavy atom.